The lowest BCUT2D eigenvalue weighted by Crippen LogP contribution is -2.25. The number of hydrogen-bond donors (Lipinski definition) is 1. The molecule has 0 amide bonds. The molecule has 20 heavy (non-hydrogen) atoms. The van der Waals surface area contributed by atoms with Crippen molar-refractivity contribution in [3.8, 4) is 0 Å². The fourth-order valence-corrected chi connectivity index (χ4v) is 2.87. The minimum Gasteiger partial charge on any atom is -0.378 e. The van der Waals surface area contributed by atoms with E-state index in [1.165, 1.54) is 19.3 Å². The summed E-state index contributed by atoms with van der Waals surface area (Å²) < 4.78 is 8.61. The number of fused-ring (bicyclic) bond motifs is 1. The number of aromatic nitrogens is 3. The molecule has 1 atom stereocenters. The zero-order valence-corrected chi connectivity index (χ0v) is 13.0. The highest BCUT2D eigenvalue weighted by molar-refractivity contribution is 9.10. The summed E-state index contributed by atoms with van der Waals surface area (Å²) in [5.74, 6) is 0. The monoisotopic (exact) mass is 338 g/mol. The summed E-state index contributed by atoms with van der Waals surface area (Å²) in [5.41, 5.74) is 2.02. The molecular weight excluding hydrogens is 320 g/mol. The first kappa shape index (κ1) is 14.0. The molecule has 0 spiro atoms. The summed E-state index contributed by atoms with van der Waals surface area (Å²) in [6.07, 6.45) is 10.9. The number of nitrogens with one attached hydrogen (secondary N) is 1. The maximum atomic E-state index is 5.73. The van der Waals surface area contributed by atoms with Gasteiger partial charge in [0.2, 0.25) is 0 Å². The summed E-state index contributed by atoms with van der Waals surface area (Å²) in [7, 11) is 0. The van der Waals surface area contributed by atoms with E-state index in [9.17, 15) is 0 Å². The van der Waals surface area contributed by atoms with Gasteiger partial charge in [0.15, 0.2) is 5.65 Å². The average molecular weight is 339 g/mol. The van der Waals surface area contributed by atoms with Crippen molar-refractivity contribution < 1.29 is 4.74 Å². The van der Waals surface area contributed by atoms with Gasteiger partial charge >= 0.3 is 0 Å². The molecule has 1 fully saturated rings. The molecule has 2 aromatic rings. The predicted molar refractivity (Wildman–Crippen MR) is 80.6 cm³/mol. The highest BCUT2D eigenvalue weighted by atomic mass is 79.9. The Balaban J connectivity index is 1.50. The van der Waals surface area contributed by atoms with Crippen LogP contribution in [-0.2, 0) is 11.3 Å². The van der Waals surface area contributed by atoms with Crippen molar-refractivity contribution in [1.29, 1.82) is 0 Å². The molecule has 6 heteroatoms. The van der Waals surface area contributed by atoms with E-state index >= 15 is 0 Å². The second-order valence-corrected chi connectivity index (χ2v) is 5.95. The lowest BCUT2D eigenvalue weighted by atomic mass is 10.1. The molecule has 0 bridgehead atoms. The average Bonchev–Trinajstić information content (AvgIpc) is 2.87. The largest absolute Gasteiger partial charge is 0.378 e. The van der Waals surface area contributed by atoms with Crippen LogP contribution in [0.25, 0.3) is 5.65 Å². The molecule has 3 heterocycles. The van der Waals surface area contributed by atoms with Gasteiger partial charge < -0.3 is 10.1 Å². The predicted octanol–water partition coefficient (Wildman–Crippen LogP) is 2.54. The van der Waals surface area contributed by atoms with Gasteiger partial charge in [-0.3, -0.25) is 4.40 Å². The van der Waals surface area contributed by atoms with Crippen LogP contribution < -0.4 is 5.32 Å². The van der Waals surface area contributed by atoms with Crippen LogP contribution in [0.1, 0.15) is 31.4 Å². The SMILES string of the molecule is Brc1cn2c(CNCCC3CCCCO3)cnc2cn1. The minimum atomic E-state index is 0.441. The Hall–Kier alpha value is -0.980. The van der Waals surface area contributed by atoms with E-state index in [1.54, 1.807) is 6.20 Å². The summed E-state index contributed by atoms with van der Waals surface area (Å²) >= 11 is 3.39. The summed E-state index contributed by atoms with van der Waals surface area (Å²) in [6, 6.07) is 0. The molecule has 1 aliphatic rings. The van der Waals surface area contributed by atoms with E-state index in [-0.39, 0.29) is 0 Å². The summed E-state index contributed by atoms with van der Waals surface area (Å²) in [6.45, 7) is 2.72. The molecule has 1 N–H and O–H groups in total. The molecule has 108 valence electrons. The molecule has 0 aromatic carbocycles. The first-order valence-electron chi connectivity index (χ1n) is 7.13. The lowest BCUT2D eigenvalue weighted by Gasteiger charge is -2.22. The molecule has 5 nitrogen and oxygen atoms in total. The first-order chi connectivity index (χ1) is 9.83. The molecular formula is C14H19BrN4O. The van der Waals surface area contributed by atoms with E-state index < -0.39 is 0 Å². The van der Waals surface area contributed by atoms with E-state index in [0.717, 1.165) is 42.1 Å². The third-order valence-corrected chi connectivity index (χ3v) is 4.07. The molecule has 0 radical (unpaired) electrons. The van der Waals surface area contributed by atoms with E-state index in [0.29, 0.717) is 6.10 Å². The van der Waals surface area contributed by atoms with Crippen molar-refractivity contribution in [1.82, 2.24) is 19.7 Å². The zero-order chi connectivity index (χ0) is 13.8. The highest BCUT2D eigenvalue weighted by Gasteiger charge is 2.13. The highest BCUT2D eigenvalue weighted by Crippen LogP contribution is 2.15. The van der Waals surface area contributed by atoms with Gasteiger partial charge in [0.1, 0.15) is 4.60 Å². The normalized spacial score (nSPS) is 19.6. The van der Waals surface area contributed by atoms with Crippen LogP contribution in [0, 0.1) is 0 Å². The third-order valence-electron chi connectivity index (χ3n) is 3.66. The van der Waals surface area contributed by atoms with Crippen LogP contribution in [0.3, 0.4) is 0 Å². The first-order valence-corrected chi connectivity index (χ1v) is 7.92. The Kier molecular flexibility index (Phi) is 4.65. The van der Waals surface area contributed by atoms with Gasteiger partial charge in [-0.2, -0.15) is 0 Å². The van der Waals surface area contributed by atoms with Gasteiger partial charge in [0, 0.05) is 19.3 Å². The molecule has 0 saturated carbocycles. The van der Waals surface area contributed by atoms with Crippen molar-refractivity contribution in [2.75, 3.05) is 13.2 Å². The van der Waals surface area contributed by atoms with Crippen LogP contribution in [0.2, 0.25) is 0 Å². The number of nitrogens with zero attached hydrogens (tertiary/aromatic N) is 3. The van der Waals surface area contributed by atoms with E-state index in [4.69, 9.17) is 4.74 Å². The standard InChI is InChI=1S/C14H19BrN4O/c15-13-10-19-11(8-18-14(19)9-17-13)7-16-5-4-12-3-1-2-6-20-12/h8-10,12,16H,1-7H2. The summed E-state index contributed by atoms with van der Waals surface area (Å²) in [4.78, 5) is 8.52. The van der Waals surface area contributed by atoms with Crippen molar-refractivity contribution >= 4 is 21.6 Å². The van der Waals surface area contributed by atoms with E-state index in [2.05, 4.69) is 35.6 Å². The van der Waals surface area contributed by atoms with Crippen LogP contribution in [0.5, 0.6) is 0 Å². The van der Waals surface area contributed by atoms with Crippen LogP contribution in [0.4, 0.5) is 0 Å². The van der Waals surface area contributed by atoms with Crippen molar-refractivity contribution in [3.05, 3.63) is 28.9 Å². The van der Waals surface area contributed by atoms with Gasteiger partial charge in [-0.05, 0) is 48.2 Å². The van der Waals surface area contributed by atoms with Crippen molar-refractivity contribution in [2.45, 2.75) is 38.3 Å². The van der Waals surface area contributed by atoms with Crippen LogP contribution in [0.15, 0.2) is 23.2 Å². The number of rotatable bonds is 5. The van der Waals surface area contributed by atoms with Gasteiger partial charge in [0.25, 0.3) is 0 Å². The topological polar surface area (TPSA) is 51.5 Å². The number of imidazole rings is 1. The smallest absolute Gasteiger partial charge is 0.155 e. The van der Waals surface area contributed by atoms with Crippen molar-refractivity contribution in [3.63, 3.8) is 0 Å². The van der Waals surface area contributed by atoms with Gasteiger partial charge in [-0.1, -0.05) is 0 Å². The Morgan fingerprint density at radius 2 is 2.30 bits per heavy atom. The fourth-order valence-electron chi connectivity index (χ4n) is 2.56. The fraction of sp³-hybridized carbons (Fsp3) is 0.571. The molecule has 1 saturated heterocycles. The van der Waals surface area contributed by atoms with Gasteiger partial charge in [-0.25, -0.2) is 9.97 Å². The Labute approximate surface area is 126 Å². The molecule has 3 rings (SSSR count). The molecule has 1 unspecified atom stereocenters. The molecule has 0 aliphatic carbocycles. The second kappa shape index (κ2) is 6.65. The van der Waals surface area contributed by atoms with E-state index in [1.807, 2.05) is 12.4 Å². The molecule has 2 aromatic heterocycles. The van der Waals surface area contributed by atoms with Gasteiger partial charge in [-0.15, -0.1) is 0 Å². The molecule has 1 aliphatic heterocycles. The van der Waals surface area contributed by atoms with Crippen molar-refractivity contribution in [2.24, 2.45) is 0 Å². The maximum Gasteiger partial charge on any atom is 0.155 e. The number of ether oxygens (including phenoxy) is 1. The second-order valence-electron chi connectivity index (χ2n) is 5.14. The maximum absolute atomic E-state index is 5.73. The third kappa shape index (κ3) is 3.37. The minimum absolute atomic E-state index is 0.441. The number of halogens is 1. The Morgan fingerprint density at radius 3 is 3.15 bits per heavy atom. The lowest BCUT2D eigenvalue weighted by molar-refractivity contribution is 0.0115. The summed E-state index contributed by atoms with van der Waals surface area (Å²) in [5, 5.41) is 3.47. The van der Waals surface area contributed by atoms with Crippen LogP contribution in [-0.4, -0.2) is 33.6 Å². The quantitative estimate of drug-likeness (QED) is 0.851. The Morgan fingerprint density at radius 1 is 1.35 bits per heavy atom. The zero-order valence-electron chi connectivity index (χ0n) is 11.4. The Bertz CT molecular complexity index is 565. The van der Waals surface area contributed by atoms with Gasteiger partial charge in [0.05, 0.1) is 24.2 Å². The van der Waals surface area contributed by atoms with Crippen LogP contribution >= 0.6 is 15.9 Å². The number of hydrogen-bond acceptors (Lipinski definition) is 4.